The Morgan fingerprint density at radius 2 is 1.88 bits per heavy atom. The summed E-state index contributed by atoms with van der Waals surface area (Å²) >= 11 is 1.38. The van der Waals surface area contributed by atoms with Crippen LogP contribution in [-0.2, 0) is 9.53 Å². The molecule has 0 radical (unpaired) electrons. The van der Waals surface area contributed by atoms with Crippen molar-refractivity contribution >= 4 is 28.6 Å². The van der Waals surface area contributed by atoms with Gasteiger partial charge in [-0.15, -0.1) is 11.3 Å². The second-order valence-electron chi connectivity index (χ2n) is 6.17. The first kappa shape index (κ1) is 16.5. The van der Waals surface area contributed by atoms with Crippen LogP contribution in [0.15, 0.2) is 53.6 Å². The molecule has 0 N–H and O–H groups in total. The maximum Gasteiger partial charge on any atom is 0.261 e. The van der Waals surface area contributed by atoms with E-state index in [1.165, 1.54) is 16.2 Å². The van der Waals surface area contributed by atoms with Crippen molar-refractivity contribution in [1.82, 2.24) is 4.90 Å². The van der Waals surface area contributed by atoms with Crippen LogP contribution in [0, 0.1) is 0 Å². The standard InChI is InChI=1S/C19H19NO3S/c1-13-16(14-8-5-4-6-9-14)18(22)20(12-23-13)19(2,3)17(21)15-10-7-11-24-15/h4-11H,12H2,1-3H3. The van der Waals surface area contributed by atoms with Gasteiger partial charge in [0.2, 0.25) is 0 Å². The SMILES string of the molecule is CC1=C(c2ccccc2)C(=O)N(C(C)(C)C(=O)c2cccs2)CO1. The maximum atomic E-state index is 13.1. The van der Waals surface area contributed by atoms with Gasteiger partial charge < -0.3 is 4.74 Å². The van der Waals surface area contributed by atoms with Crippen molar-refractivity contribution in [3.05, 3.63) is 64.0 Å². The van der Waals surface area contributed by atoms with Gasteiger partial charge in [0.15, 0.2) is 12.5 Å². The number of nitrogens with zero attached hydrogens (tertiary/aromatic N) is 1. The first-order chi connectivity index (χ1) is 11.4. The average molecular weight is 341 g/mol. The van der Waals surface area contributed by atoms with Crippen LogP contribution < -0.4 is 0 Å². The summed E-state index contributed by atoms with van der Waals surface area (Å²) in [5.41, 5.74) is 0.320. The van der Waals surface area contributed by atoms with Crippen LogP contribution in [0.4, 0.5) is 0 Å². The average Bonchev–Trinajstić information content (AvgIpc) is 3.09. The summed E-state index contributed by atoms with van der Waals surface area (Å²) in [6, 6.07) is 13.0. The van der Waals surface area contributed by atoms with E-state index >= 15 is 0 Å². The third-order valence-electron chi connectivity index (χ3n) is 4.26. The summed E-state index contributed by atoms with van der Waals surface area (Å²) in [5.74, 6) is 0.322. The number of benzene rings is 1. The van der Waals surface area contributed by atoms with Crippen LogP contribution in [0.2, 0.25) is 0 Å². The lowest BCUT2D eigenvalue weighted by Crippen LogP contribution is -2.55. The van der Waals surface area contributed by atoms with Crippen molar-refractivity contribution in [2.45, 2.75) is 26.3 Å². The van der Waals surface area contributed by atoms with Gasteiger partial charge in [0.25, 0.3) is 5.91 Å². The highest BCUT2D eigenvalue weighted by atomic mass is 32.1. The molecule has 0 atom stereocenters. The van der Waals surface area contributed by atoms with Crippen molar-refractivity contribution in [3.63, 3.8) is 0 Å². The van der Waals surface area contributed by atoms with Crippen LogP contribution in [0.5, 0.6) is 0 Å². The molecule has 3 rings (SSSR count). The molecular weight excluding hydrogens is 322 g/mol. The fourth-order valence-corrected chi connectivity index (χ4v) is 3.57. The molecule has 0 saturated heterocycles. The van der Waals surface area contributed by atoms with Crippen LogP contribution >= 0.6 is 11.3 Å². The topological polar surface area (TPSA) is 46.6 Å². The number of rotatable bonds is 4. The first-order valence-electron chi connectivity index (χ1n) is 7.72. The van der Waals surface area contributed by atoms with E-state index < -0.39 is 5.54 Å². The third kappa shape index (κ3) is 2.76. The summed E-state index contributed by atoms with van der Waals surface area (Å²) in [6.07, 6.45) is 0. The van der Waals surface area contributed by atoms with Gasteiger partial charge in [-0.05, 0) is 37.8 Å². The molecule has 1 aliphatic heterocycles. The minimum atomic E-state index is -0.983. The summed E-state index contributed by atoms with van der Waals surface area (Å²) < 4.78 is 5.72. The Balaban J connectivity index is 1.96. The lowest BCUT2D eigenvalue weighted by atomic mass is 9.93. The van der Waals surface area contributed by atoms with Gasteiger partial charge >= 0.3 is 0 Å². The number of ether oxygens (including phenoxy) is 1. The predicted octanol–water partition coefficient (Wildman–Crippen LogP) is 3.96. The van der Waals surface area contributed by atoms with E-state index in [1.807, 2.05) is 41.8 Å². The van der Waals surface area contributed by atoms with E-state index in [4.69, 9.17) is 4.74 Å². The minimum Gasteiger partial charge on any atom is -0.477 e. The Bertz CT molecular complexity index is 791. The zero-order chi connectivity index (χ0) is 17.3. The van der Waals surface area contributed by atoms with Crippen molar-refractivity contribution in [1.29, 1.82) is 0 Å². The lowest BCUT2D eigenvalue weighted by Gasteiger charge is -2.40. The van der Waals surface area contributed by atoms with E-state index in [2.05, 4.69) is 0 Å². The van der Waals surface area contributed by atoms with Gasteiger partial charge in [-0.2, -0.15) is 0 Å². The lowest BCUT2D eigenvalue weighted by molar-refractivity contribution is -0.136. The predicted molar refractivity (Wildman–Crippen MR) is 94.6 cm³/mol. The molecule has 2 aromatic rings. The molecule has 0 saturated carbocycles. The molecule has 0 aliphatic carbocycles. The van der Waals surface area contributed by atoms with Crippen LogP contribution in [0.25, 0.3) is 5.57 Å². The second kappa shape index (κ2) is 6.24. The minimum absolute atomic E-state index is 0.0745. The number of ketones is 1. The molecule has 4 nitrogen and oxygen atoms in total. The number of thiophene rings is 1. The molecule has 124 valence electrons. The molecule has 5 heteroatoms. The van der Waals surface area contributed by atoms with Crippen molar-refractivity contribution in [3.8, 4) is 0 Å². The van der Waals surface area contributed by atoms with Crippen molar-refractivity contribution in [2.24, 2.45) is 0 Å². The van der Waals surface area contributed by atoms with Gasteiger partial charge in [0.1, 0.15) is 11.3 Å². The monoisotopic (exact) mass is 341 g/mol. The number of carbonyl (C=O) groups is 2. The third-order valence-corrected chi connectivity index (χ3v) is 5.13. The maximum absolute atomic E-state index is 13.1. The van der Waals surface area contributed by atoms with Crippen LogP contribution in [-0.4, -0.2) is 28.9 Å². The summed E-state index contributed by atoms with van der Waals surface area (Å²) in [7, 11) is 0. The van der Waals surface area contributed by atoms with Gasteiger partial charge in [-0.25, -0.2) is 0 Å². The summed E-state index contributed by atoms with van der Waals surface area (Å²) in [6.45, 7) is 5.38. The molecule has 0 unspecified atom stereocenters. The van der Waals surface area contributed by atoms with Crippen LogP contribution in [0.1, 0.15) is 36.0 Å². The number of carbonyl (C=O) groups excluding carboxylic acids is 2. The molecule has 1 aliphatic rings. The normalized spacial score (nSPS) is 15.5. The summed E-state index contributed by atoms with van der Waals surface area (Å²) in [4.78, 5) is 28.1. The summed E-state index contributed by atoms with van der Waals surface area (Å²) in [5, 5.41) is 1.86. The molecule has 0 spiro atoms. The highest BCUT2D eigenvalue weighted by molar-refractivity contribution is 7.12. The van der Waals surface area contributed by atoms with E-state index in [1.54, 1.807) is 26.8 Å². The molecular formula is C19H19NO3S. The number of amides is 1. The van der Waals surface area contributed by atoms with Gasteiger partial charge in [0.05, 0.1) is 10.5 Å². The van der Waals surface area contributed by atoms with Crippen molar-refractivity contribution in [2.75, 3.05) is 6.73 Å². The largest absolute Gasteiger partial charge is 0.477 e. The highest BCUT2D eigenvalue weighted by Crippen LogP contribution is 2.32. The second-order valence-corrected chi connectivity index (χ2v) is 7.12. The smallest absolute Gasteiger partial charge is 0.261 e. The quantitative estimate of drug-likeness (QED) is 0.791. The van der Waals surface area contributed by atoms with Gasteiger partial charge in [0, 0.05) is 0 Å². The zero-order valence-electron chi connectivity index (χ0n) is 13.9. The Kier molecular flexibility index (Phi) is 4.28. The first-order valence-corrected chi connectivity index (χ1v) is 8.60. The molecule has 24 heavy (non-hydrogen) atoms. The molecule has 0 bridgehead atoms. The fourth-order valence-electron chi connectivity index (χ4n) is 2.76. The Morgan fingerprint density at radius 3 is 2.50 bits per heavy atom. The Hall–Kier alpha value is -2.40. The molecule has 2 heterocycles. The van der Waals surface area contributed by atoms with Gasteiger partial charge in [-0.1, -0.05) is 36.4 Å². The number of allylic oxidation sites excluding steroid dienone is 1. The van der Waals surface area contributed by atoms with E-state index in [-0.39, 0.29) is 18.4 Å². The molecule has 0 fully saturated rings. The van der Waals surface area contributed by atoms with Gasteiger partial charge in [-0.3, -0.25) is 14.5 Å². The molecule has 1 amide bonds. The Morgan fingerprint density at radius 1 is 1.17 bits per heavy atom. The Labute approximate surface area is 145 Å². The number of hydrogen-bond donors (Lipinski definition) is 0. The highest BCUT2D eigenvalue weighted by Gasteiger charge is 2.42. The van der Waals surface area contributed by atoms with E-state index in [0.717, 1.165) is 5.56 Å². The fraction of sp³-hybridized carbons (Fsp3) is 0.263. The molecule has 1 aromatic heterocycles. The number of Topliss-reactive ketones (excluding diaryl/α,β-unsaturated/α-hetero) is 1. The zero-order valence-corrected chi connectivity index (χ0v) is 14.7. The number of hydrogen-bond acceptors (Lipinski definition) is 4. The van der Waals surface area contributed by atoms with E-state index in [9.17, 15) is 9.59 Å². The van der Waals surface area contributed by atoms with Crippen LogP contribution in [0.3, 0.4) is 0 Å². The van der Waals surface area contributed by atoms with Crippen molar-refractivity contribution < 1.29 is 14.3 Å². The molecule has 1 aromatic carbocycles. The van der Waals surface area contributed by atoms with E-state index in [0.29, 0.717) is 16.2 Å².